The molecule has 5 heteroatoms. The second kappa shape index (κ2) is 3.90. The van der Waals surface area contributed by atoms with Crippen molar-refractivity contribution in [2.24, 2.45) is 5.73 Å². The van der Waals surface area contributed by atoms with Crippen molar-refractivity contribution in [1.82, 2.24) is 4.90 Å². The summed E-state index contributed by atoms with van der Waals surface area (Å²) in [5.74, 6) is -0.475. The SMILES string of the molecule is NCC1(N2C(=O)COCC2=O)CCCC1. The quantitative estimate of drug-likeness (QED) is 0.635. The maximum atomic E-state index is 11.7. The fourth-order valence-electron chi connectivity index (χ4n) is 2.58. The van der Waals surface area contributed by atoms with Gasteiger partial charge in [0.2, 0.25) is 0 Å². The Labute approximate surface area is 88.5 Å². The van der Waals surface area contributed by atoms with Crippen molar-refractivity contribution in [3.05, 3.63) is 0 Å². The zero-order valence-corrected chi connectivity index (χ0v) is 8.70. The molecule has 15 heavy (non-hydrogen) atoms. The Morgan fingerprint density at radius 1 is 1.20 bits per heavy atom. The molecule has 0 spiro atoms. The lowest BCUT2D eigenvalue weighted by Gasteiger charge is -2.40. The van der Waals surface area contributed by atoms with Crippen LogP contribution in [0.4, 0.5) is 0 Å². The molecule has 0 aromatic heterocycles. The summed E-state index contributed by atoms with van der Waals surface area (Å²) in [7, 11) is 0. The van der Waals surface area contributed by atoms with Crippen LogP contribution in [0.25, 0.3) is 0 Å². The number of morpholine rings is 1. The first-order chi connectivity index (χ1) is 7.19. The molecule has 2 aliphatic rings. The van der Waals surface area contributed by atoms with E-state index >= 15 is 0 Å². The molecule has 1 aliphatic heterocycles. The molecular formula is C10H16N2O3. The number of hydrogen-bond acceptors (Lipinski definition) is 4. The lowest BCUT2D eigenvalue weighted by Crippen LogP contribution is -2.61. The van der Waals surface area contributed by atoms with Gasteiger partial charge >= 0.3 is 0 Å². The zero-order chi connectivity index (χ0) is 10.9. The number of carbonyl (C=O) groups is 2. The monoisotopic (exact) mass is 212 g/mol. The van der Waals surface area contributed by atoms with Crippen molar-refractivity contribution < 1.29 is 14.3 Å². The second-order valence-corrected chi connectivity index (χ2v) is 4.25. The number of ether oxygens (including phenoxy) is 1. The summed E-state index contributed by atoms with van der Waals surface area (Å²) < 4.78 is 4.89. The van der Waals surface area contributed by atoms with E-state index in [0.29, 0.717) is 6.54 Å². The van der Waals surface area contributed by atoms with Crippen LogP contribution in [-0.2, 0) is 14.3 Å². The van der Waals surface area contributed by atoms with Gasteiger partial charge in [0.15, 0.2) is 0 Å². The van der Waals surface area contributed by atoms with Crippen molar-refractivity contribution >= 4 is 11.8 Å². The first kappa shape index (κ1) is 10.6. The van der Waals surface area contributed by atoms with E-state index in [-0.39, 0.29) is 25.0 Å². The van der Waals surface area contributed by atoms with Gasteiger partial charge in [0, 0.05) is 6.54 Å². The van der Waals surface area contributed by atoms with Gasteiger partial charge in [0.25, 0.3) is 11.8 Å². The smallest absolute Gasteiger partial charge is 0.255 e. The Kier molecular flexibility index (Phi) is 2.75. The molecule has 0 bridgehead atoms. The third-order valence-corrected chi connectivity index (χ3v) is 3.34. The standard InChI is InChI=1S/C10H16N2O3/c11-7-10(3-1-2-4-10)12-8(13)5-15-6-9(12)14/h1-7,11H2. The summed E-state index contributed by atoms with van der Waals surface area (Å²) in [6.45, 7) is 0.380. The van der Waals surface area contributed by atoms with Gasteiger partial charge in [0.1, 0.15) is 13.2 Å². The fraction of sp³-hybridized carbons (Fsp3) is 0.800. The van der Waals surface area contributed by atoms with Gasteiger partial charge in [-0.15, -0.1) is 0 Å². The maximum Gasteiger partial charge on any atom is 0.255 e. The van der Waals surface area contributed by atoms with Gasteiger partial charge < -0.3 is 10.5 Å². The van der Waals surface area contributed by atoms with E-state index in [4.69, 9.17) is 10.5 Å². The van der Waals surface area contributed by atoms with Gasteiger partial charge in [-0.1, -0.05) is 12.8 Å². The van der Waals surface area contributed by atoms with Crippen molar-refractivity contribution in [3.8, 4) is 0 Å². The Hall–Kier alpha value is -0.940. The highest BCUT2D eigenvalue weighted by Gasteiger charge is 2.45. The summed E-state index contributed by atoms with van der Waals surface area (Å²) in [6, 6.07) is 0. The van der Waals surface area contributed by atoms with Crippen LogP contribution >= 0.6 is 0 Å². The van der Waals surface area contributed by atoms with E-state index in [1.165, 1.54) is 4.90 Å². The highest BCUT2D eigenvalue weighted by Crippen LogP contribution is 2.35. The molecule has 0 aromatic rings. The van der Waals surface area contributed by atoms with Crippen LogP contribution in [0.5, 0.6) is 0 Å². The molecule has 84 valence electrons. The number of amides is 2. The number of rotatable bonds is 2. The molecule has 1 saturated carbocycles. The Balaban J connectivity index is 2.25. The molecule has 0 radical (unpaired) electrons. The molecule has 1 heterocycles. The van der Waals surface area contributed by atoms with Crippen molar-refractivity contribution in [2.75, 3.05) is 19.8 Å². The predicted octanol–water partition coefficient (Wildman–Crippen LogP) is -0.357. The molecule has 1 saturated heterocycles. The highest BCUT2D eigenvalue weighted by atomic mass is 16.5. The molecule has 1 aliphatic carbocycles. The largest absolute Gasteiger partial charge is 0.362 e. The normalized spacial score (nSPS) is 26.1. The summed E-state index contributed by atoms with van der Waals surface area (Å²) >= 11 is 0. The van der Waals surface area contributed by atoms with Crippen LogP contribution in [0, 0.1) is 0 Å². The number of imide groups is 1. The van der Waals surface area contributed by atoms with E-state index in [9.17, 15) is 9.59 Å². The summed E-state index contributed by atoms with van der Waals surface area (Å²) in [5, 5.41) is 0. The highest BCUT2D eigenvalue weighted by molar-refractivity contribution is 5.99. The minimum atomic E-state index is -0.419. The maximum absolute atomic E-state index is 11.7. The number of carbonyl (C=O) groups excluding carboxylic acids is 2. The number of nitrogens with zero attached hydrogens (tertiary/aromatic N) is 1. The summed E-state index contributed by atoms with van der Waals surface area (Å²) in [6.07, 6.45) is 3.74. The number of hydrogen-bond donors (Lipinski definition) is 1. The fourth-order valence-corrected chi connectivity index (χ4v) is 2.58. The van der Waals surface area contributed by atoms with Crippen LogP contribution in [0.15, 0.2) is 0 Å². The van der Waals surface area contributed by atoms with Crippen molar-refractivity contribution in [3.63, 3.8) is 0 Å². The van der Waals surface area contributed by atoms with Crippen LogP contribution in [0.1, 0.15) is 25.7 Å². The topological polar surface area (TPSA) is 72.6 Å². The molecule has 2 amide bonds. The van der Waals surface area contributed by atoms with Crippen LogP contribution in [0.3, 0.4) is 0 Å². The van der Waals surface area contributed by atoms with E-state index < -0.39 is 5.54 Å². The van der Waals surface area contributed by atoms with Crippen molar-refractivity contribution in [1.29, 1.82) is 0 Å². The number of nitrogens with two attached hydrogens (primary N) is 1. The third kappa shape index (κ3) is 1.66. The summed E-state index contributed by atoms with van der Waals surface area (Å²) in [5.41, 5.74) is 5.32. The van der Waals surface area contributed by atoms with Gasteiger partial charge in [-0.3, -0.25) is 14.5 Å². The van der Waals surface area contributed by atoms with Crippen LogP contribution in [-0.4, -0.2) is 42.0 Å². The van der Waals surface area contributed by atoms with Gasteiger partial charge in [0.05, 0.1) is 5.54 Å². The Bertz CT molecular complexity index is 268. The molecule has 2 N–H and O–H groups in total. The minimum absolute atomic E-state index is 0.00743. The summed E-state index contributed by atoms with van der Waals surface area (Å²) in [4.78, 5) is 24.7. The van der Waals surface area contributed by atoms with Crippen LogP contribution < -0.4 is 5.73 Å². The van der Waals surface area contributed by atoms with E-state index in [1.54, 1.807) is 0 Å². The Morgan fingerprint density at radius 3 is 2.20 bits per heavy atom. The average molecular weight is 212 g/mol. The first-order valence-electron chi connectivity index (χ1n) is 5.33. The molecule has 0 aromatic carbocycles. The van der Waals surface area contributed by atoms with Gasteiger partial charge in [-0.2, -0.15) is 0 Å². The van der Waals surface area contributed by atoms with Gasteiger partial charge in [-0.05, 0) is 12.8 Å². The lowest BCUT2D eigenvalue weighted by atomic mass is 9.94. The zero-order valence-electron chi connectivity index (χ0n) is 8.70. The lowest BCUT2D eigenvalue weighted by molar-refractivity contribution is -0.166. The third-order valence-electron chi connectivity index (χ3n) is 3.34. The Morgan fingerprint density at radius 2 is 1.73 bits per heavy atom. The molecule has 0 atom stereocenters. The minimum Gasteiger partial charge on any atom is -0.362 e. The molecule has 2 fully saturated rings. The second-order valence-electron chi connectivity index (χ2n) is 4.25. The molecule has 2 rings (SSSR count). The first-order valence-corrected chi connectivity index (χ1v) is 5.33. The average Bonchev–Trinajstić information content (AvgIpc) is 2.67. The molecular weight excluding hydrogens is 196 g/mol. The molecule has 5 nitrogen and oxygen atoms in total. The van der Waals surface area contributed by atoms with Crippen molar-refractivity contribution in [2.45, 2.75) is 31.2 Å². The molecule has 0 unspecified atom stereocenters. The van der Waals surface area contributed by atoms with E-state index in [2.05, 4.69) is 0 Å². The predicted molar refractivity (Wildman–Crippen MR) is 52.9 cm³/mol. The van der Waals surface area contributed by atoms with E-state index in [1.807, 2.05) is 0 Å². The van der Waals surface area contributed by atoms with Gasteiger partial charge in [-0.25, -0.2) is 0 Å². The van der Waals surface area contributed by atoms with E-state index in [0.717, 1.165) is 25.7 Å². The van der Waals surface area contributed by atoms with Crippen LogP contribution in [0.2, 0.25) is 0 Å².